The van der Waals surface area contributed by atoms with Crippen LogP contribution in [0.2, 0.25) is 0 Å². The van der Waals surface area contributed by atoms with E-state index in [0.29, 0.717) is 38.9 Å². The number of esters is 1. The van der Waals surface area contributed by atoms with Crippen LogP contribution >= 0.6 is 0 Å². The fraction of sp³-hybridized carbons (Fsp3) is 0.579. The molecular formula is C19H25NO6S. The van der Waals surface area contributed by atoms with Gasteiger partial charge in [0.15, 0.2) is 0 Å². The number of benzene rings is 1. The Morgan fingerprint density at radius 1 is 1.22 bits per heavy atom. The average Bonchev–Trinajstić information content (AvgIpc) is 2.66. The van der Waals surface area contributed by atoms with E-state index in [1.54, 1.807) is 12.1 Å². The van der Waals surface area contributed by atoms with Gasteiger partial charge in [-0.25, -0.2) is 12.7 Å². The molecule has 2 saturated heterocycles. The first kappa shape index (κ1) is 19.8. The number of aryl methyl sites for hydroxylation is 1. The van der Waals surface area contributed by atoms with Gasteiger partial charge in [0.05, 0.1) is 29.9 Å². The zero-order chi connectivity index (χ0) is 19.7. The summed E-state index contributed by atoms with van der Waals surface area (Å²) in [6, 6.07) is 5.66. The van der Waals surface area contributed by atoms with Crippen molar-refractivity contribution in [3.05, 3.63) is 29.8 Å². The summed E-state index contributed by atoms with van der Waals surface area (Å²) in [5, 5.41) is 0. The number of nitrogens with zero attached hydrogens (tertiary/aromatic N) is 1. The summed E-state index contributed by atoms with van der Waals surface area (Å²) in [6.07, 6.45) is 1.84. The predicted octanol–water partition coefficient (Wildman–Crippen LogP) is 2.03. The fourth-order valence-corrected chi connectivity index (χ4v) is 5.57. The van der Waals surface area contributed by atoms with E-state index in [9.17, 15) is 18.0 Å². The van der Waals surface area contributed by atoms with Crippen molar-refractivity contribution in [3.63, 3.8) is 0 Å². The third-order valence-electron chi connectivity index (χ3n) is 5.60. The zero-order valence-corrected chi connectivity index (χ0v) is 16.5. The Bertz CT molecular complexity index is 811. The minimum Gasteiger partial charge on any atom is -0.469 e. The van der Waals surface area contributed by atoms with Crippen LogP contribution in [0.3, 0.4) is 0 Å². The molecule has 0 N–H and O–H groups in total. The molecule has 2 aliphatic rings. The highest BCUT2D eigenvalue weighted by Crippen LogP contribution is 2.44. The molecule has 1 aromatic carbocycles. The number of carbonyl (C=O) groups excluding carboxylic acids is 2. The Hall–Kier alpha value is -1.93. The molecule has 1 unspecified atom stereocenters. The van der Waals surface area contributed by atoms with Crippen molar-refractivity contribution < 1.29 is 27.5 Å². The van der Waals surface area contributed by atoms with Crippen LogP contribution < -0.4 is 0 Å². The van der Waals surface area contributed by atoms with Gasteiger partial charge in [0.1, 0.15) is 0 Å². The van der Waals surface area contributed by atoms with E-state index in [0.717, 1.165) is 9.87 Å². The number of carbonyl (C=O) groups is 2. The van der Waals surface area contributed by atoms with E-state index >= 15 is 0 Å². The number of amides is 1. The maximum absolute atomic E-state index is 13.4. The lowest BCUT2D eigenvalue weighted by Gasteiger charge is -2.46. The Labute approximate surface area is 159 Å². The van der Waals surface area contributed by atoms with Crippen molar-refractivity contribution in [2.45, 2.75) is 50.0 Å². The molecule has 27 heavy (non-hydrogen) atoms. The summed E-state index contributed by atoms with van der Waals surface area (Å²) < 4.78 is 37.7. The summed E-state index contributed by atoms with van der Waals surface area (Å²) in [6.45, 7) is 2.73. The average molecular weight is 395 g/mol. The van der Waals surface area contributed by atoms with Crippen molar-refractivity contribution in [2.24, 2.45) is 5.41 Å². The molecule has 1 aromatic rings. The van der Waals surface area contributed by atoms with E-state index < -0.39 is 33.4 Å². The van der Waals surface area contributed by atoms with Gasteiger partial charge in [0.25, 0.3) is 10.0 Å². The quantitative estimate of drug-likeness (QED) is 0.725. The topological polar surface area (TPSA) is 90.0 Å². The van der Waals surface area contributed by atoms with Crippen LogP contribution in [0.25, 0.3) is 0 Å². The first-order valence-corrected chi connectivity index (χ1v) is 10.5. The fourth-order valence-electron chi connectivity index (χ4n) is 3.88. The van der Waals surface area contributed by atoms with Gasteiger partial charge in [-0.15, -0.1) is 0 Å². The van der Waals surface area contributed by atoms with Gasteiger partial charge in [-0.1, -0.05) is 17.7 Å². The minimum absolute atomic E-state index is 0.0559. The second kappa shape index (κ2) is 7.59. The Morgan fingerprint density at radius 2 is 1.85 bits per heavy atom. The maximum atomic E-state index is 13.4. The van der Waals surface area contributed by atoms with Crippen molar-refractivity contribution in [1.29, 1.82) is 0 Å². The first-order valence-electron chi connectivity index (χ1n) is 9.10. The van der Waals surface area contributed by atoms with Crippen molar-refractivity contribution >= 4 is 21.9 Å². The molecule has 8 heteroatoms. The highest BCUT2D eigenvalue weighted by atomic mass is 32.2. The third kappa shape index (κ3) is 3.73. The summed E-state index contributed by atoms with van der Waals surface area (Å²) in [7, 11) is -2.82. The molecule has 1 spiro atoms. The van der Waals surface area contributed by atoms with Gasteiger partial charge in [0, 0.05) is 13.2 Å². The molecule has 0 aromatic heterocycles. The Balaban J connectivity index is 2.01. The molecule has 2 fully saturated rings. The van der Waals surface area contributed by atoms with E-state index in [2.05, 4.69) is 0 Å². The van der Waals surface area contributed by atoms with E-state index in [4.69, 9.17) is 9.47 Å². The van der Waals surface area contributed by atoms with Crippen LogP contribution in [-0.2, 0) is 29.1 Å². The number of sulfonamides is 1. The zero-order valence-electron chi connectivity index (χ0n) is 15.6. The summed E-state index contributed by atoms with van der Waals surface area (Å²) >= 11 is 0. The first-order chi connectivity index (χ1) is 12.8. The number of piperidine rings is 1. The lowest BCUT2D eigenvalue weighted by Crippen LogP contribution is -2.57. The molecule has 7 nitrogen and oxygen atoms in total. The lowest BCUT2D eigenvalue weighted by molar-refractivity contribution is -0.152. The number of hydrogen-bond donors (Lipinski definition) is 0. The minimum atomic E-state index is -4.07. The number of methoxy groups -OCH3 is 1. The molecule has 0 aliphatic carbocycles. The molecule has 0 radical (unpaired) electrons. The van der Waals surface area contributed by atoms with Crippen molar-refractivity contribution in [1.82, 2.24) is 4.31 Å². The largest absolute Gasteiger partial charge is 0.469 e. The second-order valence-electron chi connectivity index (χ2n) is 7.28. The molecule has 148 valence electrons. The van der Waals surface area contributed by atoms with E-state index in [-0.39, 0.29) is 11.3 Å². The highest BCUT2D eigenvalue weighted by Gasteiger charge is 2.52. The van der Waals surface area contributed by atoms with Crippen LogP contribution in [0.15, 0.2) is 29.2 Å². The summed E-state index contributed by atoms with van der Waals surface area (Å²) in [5.41, 5.74) is 0.189. The van der Waals surface area contributed by atoms with E-state index in [1.165, 1.54) is 19.2 Å². The standard InChI is InChI=1S/C19H25NO6S/c1-14-3-5-16(6-4-14)27(23,24)20-15(13-17(21)25-2)7-8-19(18(20)22)9-11-26-12-10-19/h3-6,15H,7-13H2,1-2H3. The second-order valence-corrected chi connectivity index (χ2v) is 9.10. The molecule has 2 aliphatic heterocycles. The van der Waals surface area contributed by atoms with Crippen LogP contribution in [0.5, 0.6) is 0 Å². The van der Waals surface area contributed by atoms with Gasteiger partial charge in [-0.05, 0) is 44.7 Å². The molecular weight excluding hydrogens is 370 g/mol. The smallest absolute Gasteiger partial charge is 0.307 e. The molecule has 2 heterocycles. The summed E-state index contributed by atoms with van der Waals surface area (Å²) in [5.74, 6) is -0.952. The van der Waals surface area contributed by atoms with Gasteiger partial charge >= 0.3 is 5.97 Å². The lowest BCUT2D eigenvalue weighted by atomic mass is 9.72. The van der Waals surface area contributed by atoms with Crippen LogP contribution in [0, 0.1) is 12.3 Å². The number of ether oxygens (including phenoxy) is 2. The molecule has 1 atom stereocenters. The van der Waals surface area contributed by atoms with Gasteiger partial charge < -0.3 is 9.47 Å². The van der Waals surface area contributed by atoms with E-state index in [1.807, 2.05) is 6.92 Å². The molecule has 0 bridgehead atoms. The van der Waals surface area contributed by atoms with Crippen molar-refractivity contribution in [2.75, 3.05) is 20.3 Å². The van der Waals surface area contributed by atoms with Gasteiger partial charge in [-0.3, -0.25) is 9.59 Å². The van der Waals surface area contributed by atoms with Gasteiger partial charge in [-0.2, -0.15) is 0 Å². The molecule has 3 rings (SSSR count). The predicted molar refractivity (Wildman–Crippen MR) is 97.4 cm³/mol. The Morgan fingerprint density at radius 3 is 2.44 bits per heavy atom. The molecule has 1 amide bonds. The monoisotopic (exact) mass is 395 g/mol. The third-order valence-corrected chi connectivity index (χ3v) is 7.45. The van der Waals surface area contributed by atoms with Crippen LogP contribution in [0.1, 0.15) is 37.7 Å². The van der Waals surface area contributed by atoms with Crippen LogP contribution in [-0.4, -0.2) is 51.0 Å². The number of rotatable bonds is 4. The summed E-state index contributed by atoms with van der Waals surface area (Å²) in [4.78, 5) is 25.3. The van der Waals surface area contributed by atoms with Crippen molar-refractivity contribution in [3.8, 4) is 0 Å². The SMILES string of the molecule is COC(=O)CC1CCC2(CCOCC2)C(=O)N1S(=O)(=O)c1ccc(C)cc1. The Kier molecular flexibility index (Phi) is 5.58. The number of hydrogen-bond acceptors (Lipinski definition) is 6. The highest BCUT2D eigenvalue weighted by molar-refractivity contribution is 7.89. The maximum Gasteiger partial charge on any atom is 0.307 e. The van der Waals surface area contributed by atoms with Gasteiger partial charge in [0.2, 0.25) is 5.91 Å². The van der Waals surface area contributed by atoms with Crippen LogP contribution in [0.4, 0.5) is 0 Å². The molecule has 0 saturated carbocycles. The normalized spacial score (nSPS) is 22.7.